The number of esters is 1. The van der Waals surface area contributed by atoms with E-state index in [1.165, 1.54) is 18.7 Å². The summed E-state index contributed by atoms with van der Waals surface area (Å²) in [5.41, 5.74) is 1.30. The van der Waals surface area contributed by atoms with Crippen molar-refractivity contribution in [2.24, 2.45) is 0 Å². The van der Waals surface area contributed by atoms with Crippen LogP contribution < -0.4 is 16.2 Å². The minimum atomic E-state index is -1.21. The molecule has 0 radical (unpaired) electrons. The van der Waals surface area contributed by atoms with Gasteiger partial charge in [-0.1, -0.05) is 0 Å². The molecule has 5 heterocycles. The normalized spacial score (nSPS) is 10.7. The Hall–Kier alpha value is -5.59. The van der Waals surface area contributed by atoms with Crippen LogP contribution in [0.4, 0.5) is 0 Å². The lowest BCUT2D eigenvalue weighted by molar-refractivity contribution is -0.124. The zero-order chi connectivity index (χ0) is 32.0. The SMILES string of the molecule is CCn1cc(C(=O)O)c(=O)c2ccc(C)nc21.CCn1cc(C(=O)OCC(=O)NCc2ccco2)c(=O)c2ccc(C)nc21. The molecule has 0 atom stereocenters. The molecule has 0 aliphatic carbocycles. The number of fused-ring (bicyclic) bond motifs is 2. The second-order valence-corrected chi connectivity index (χ2v) is 9.70. The van der Waals surface area contributed by atoms with Crippen LogP contribution in [0.15, 0.2) is 69.1 Å². The van der Waals surface area contributed by atoms with Gasteiger partial charge in [-0.2, -0.15) is 0 Å². The highest BCUT2D eigenvalue weighted by Gasteiger charge is 2.19. The van der Waals surface area contributed by atoms with Crippen LogP contribution >= 0.6 is 0 Å². The van der Waals surface area contributed by atoms with Gasteiger partial charge in [-0.3, -0.25) is 14.4 Å². The van der Waals surface area contributed by atoms with Gasteiger partial charge in [-0.05, 0) is 64.1 Å². The fourth-order valence-corrected chi connectivity index (χ4v) is 4.36. The van der Waals surface area contributed by atoms with E-state index in [0.717, 1.165) is 11.4 Å². The van der Waals surface area contributed by atoms with E-state index >= 15 is 0 Å². The molecular weight excluding hydrogens is 570 g/mol. The zero-order valence-electron chi connectivity index (χ0n) is 24.6. The lowest BCUT2D eigenvalue weighted by Crippen LogP contribution is -2.29. The van der Waals surface area contributed by atoms with Gasteiger partial charge in [0.15, 0.2) is 6.61 Å². The summed E-state index contributed by atoms with van der Waals surface area (Å²) in [6, 6.07) is 10.1. The number of aryl methyl sites for hydroxylation is 4. The van der Waals surface area contributed by atoms with E-state index in [2.05, 4.69) is 15.3 Å². The third kappa shape index (κ3) is 6.89. The molecule has 0 aliphatic rings. The average molecular weight is 602 g/mol. The fraction of sp³-hybridized carbons (Fsp3) is 0.258. The number of aromatic carboxylic acids is 1. The van der Waals surface area contributed by atoms with Gasteiger partial charge in [0, 0.05) is 36.9 Å². The van der Waals surface area contributed by atoms with Crippen molar-refractivity contribution in [1.82, 2.24) is 24.4 Å². The first-order chi connectivity index (χ1) is 21.0. The number of nitrogens with one attached hydrogen (secondary N) is 1. The van der Waals surface area contributed by atoms with Gasteiger partial charge in [0.2, 0.25) is 10.9 Å². The van der Waals surface area contributed by atoms with E-state index in [4.69, 9.17) is 14.3 Å². The van der Waals surface area contributed by atoms with E-state index in [0.29, 0.717) is 40.9 Å². The van der Waals surface area contributed by atoms with Crippen LogP contribution in [0.5, 0.6) is 0 Å². The molecule has 2 N–H and O–H groups in total. The molecule has 44 heavy (non-hydrogen) atoms. The van der Waals surface area contributed by atoms with Crippen molar-refractivity contribution in [2.45, 2.75) is 47.3 Å². The molecule has 0 fully saturated rings. The van der Waals surface area contributed by atoms with Crippen LogP contribution in [0, 0.1) is 13.8 Å². The minimum Gasteiger partial charge on any atom is -0.477 e. The first kappa shape index (κ1) is 31.3. The molecular formula is C31H31N5O8. The number of aromatic nitrogens is 4. The predicted octanol–water partition coefficient (Wildman–Crippen LogP) is 3.21. The Kier molecular flexibility index (Phi) is 9.68. The number of rotatable bonds is 8. The van der Waals surface area contributed by atoms with Crippen molar-refractivity contribution in [2.75, 3.05) is 6.61 Å². The largest absolute Gasteiger partial charge is 0.477 e. The summed E-state index contributed by atoms with van der Waals surface area (Å²) in [7, 11) is 0. The monoisotopic (exact) mass is 601 g/mol. The Bertz CT molecular complexity index is 1980. The molecule has 0 unspecified atom stereocenters. The van der Waals surface area contributed by atoms with Crippen molar-refractivity contribution in [3.8, 4) is 0 Å². The van der Waals surface area contributed by atoms with Crippen LogP contribution in [0.3, 0.4) is 0 Å². The van der Waals surface area contributed by atoms with Gasteiger partial charge >= 0.3 is 11.9 Å². The fourth-order valence-electron chi connectivity index (χ4n) is 4.36. The summed E-state index contributed by atoms with van der Waals surface area (Å²) in [5, 5.41) is 12.2. The number of carboxylic acid groups (broad SMARTS) is 1. The minimum absolute atomic E-state index is 0.131. The molecule has 5 aromatic heterocycles. The molecule has 13 heteroatoms. The second-order valence-electron chi connectivity index (χ2n) is 9.70. The van der Waals surface area contributed by atoms with Gasteiger partial charge in [0.25, 0.3) is 5.91 Å². The lowest BCUT2D eigenvalue weighted by atomic mass is 10.2. The zero-order valence-corrected chi connectivity index (χ0v) is 24.6. The quantitative estimate of drug-likeness (QED) is 0.251. The van der Waals surface area contributed by atoms with Crippen LogP contribution in [0.1, 0.15) is 51.7 Å². The number of pyridine rings is 4. The number of carboxylic acids is 1. The molecule has 0 aromatic carbocycles. The number of furan rings is 1. The van der Waals surface area contributed by atoms with Gasteiger partial charge in [-0.15, -0.1) is 0 Å². The van der Waals surface area contributed by atoms with Crippen LogP contribution in [-0.2, 0) is 29.2 Å². The highest BCUT2D eigenvalue weighted by molar-refractivity contribution is 5.94. The second kappa shape index (κ2) is 13.6. The molecule has 0 saturated heterocycles. The van der Waals surface area contributed by atoms with Crippen molar-refractivity contribution >= 4 is 39.9 Å². The number of ether oxygens (including phenoxy) is 1. The first-order valence-electron chi connectivity index (χ1n) is 13.7. The Morgan fingerprint density at radius 2 is 1.41 bits per heavy atom. The Morgan fingerprint density at radius 1 is 0.864 bits per heavy atom. The lowest BCUT2D eigenvalue weighted by Gasteiger charge is -2.11. The highest BCUT2D eigenvalue weighted by Crippen LogP contribution is 2.12. The Balaban J connectivity index is 0.000000223. The van der Waals surface area contributed by atoms with Crippen LogP contribution in [-0.4, -0.2) is 48.7 Å². The maximum Gasteiger partial charge on any atom is 0.344 e. The molecule has 228 valence electrons. The third-order valence-electron chi connectivity index (χ3n) is 6.63. The smallest absolute Gasteiger partial charge is 0.344 e. The van der Waals surface area contributed by atoms with E-state index in [9.17, 15) is 24.0 Å². The summed E-state index contributed by atoms with van der Waals surface area (Å²) in [4.78, 5) is 68.3. The maximum atomic E-state index is 12.6. The third-order valence-corrected chi connectivity index (χ3v) is 6.63. The van der Waals surface area contributed by atoms with Gasteiger partial charge < -0.3 is 28.7 Å². The topological polar surface area (TPSA) is 176 Å². The number of carbonyl (C=O) groups excluding carboxylic acids is 2. The summed E-state index contributed by atoms with van der Waals surface area (Å²) >= 11 is 0. The van der Waals surface area contributed by atoms with Crippen molar-refractivity contribution in [3.63, 3.8) is 0 Å². The number of hydrogen-bond acceptors (Lipinski definition) is 9. The maximum absolute atomic E-state index is 12.6. The average Bonchev–Trinajstić information content (AvgIpc) is 3.53. The van der Waals surface area contributed by atoms with Crippen molar-refractivity contribution in [3.05, 3.63) is 104 Å². The Morgan fingerprint density at radius 3 is 1.91 bits per heavy atom. The van der Waals surface area contributed by atoms with E-state index < -0.39 is 35.3 Å². The number of hydrogen-bond donors (Lipinski definition) is 2. The summed E-state index contributed by atoms with van der Waals surface area (Å²) in [6.45, 7) is 8.19. The van der Waals surface area contributed by atoms with Gasteiger partial charge in [0.05, 0.1) is 23.6 Å². The van der Waals surface area contributed by atoms with E-state index in [1.807, 2.05) is 27.7 Å². The molecule has 0 saturated carbocycles. The molecule has 5 aromatic rings. The van der Waals surface area contributed by atoms with Crippen molar-refractivity contribution in [1.29, 1.82) is 0 Å². The molecule has 5 rings (SSSR count). The molecule has 1 amide bonds. The number of amides is 1. The van der Waals surface area contributed by atoms with Gasteiger partial charge in [-0.25, -0.2) is 19.6 Å². The predicted molar refractivity (Wildman–Crippen MR) is 161 cm³/mol. The molecule has 0 bridgehead atoms. The van der Waals surface area contributed by atoms with E-state index in [1.54, 1.807) is 45.5 Å². The summed E-state index contributed by atoms with van der Waals surface area (Å²) in [5.74, 6) is -1.97. The molecule has 0 aliphatic heterocycles. The van der Waals surface area contributed by atoms with Crippen LogP contribution in [0.25, 0.3) is 22.1 Å². The summed E-state index contributed by atoms with van der Waals surface area (Å²) in [6.07, 6.45) is 4.26. The van der Waals surface area contributed by atoms with Crippen molar-refractivity contribution < 1.29 is 28.6 Å². The first-order valence-corrected chi connectivity index (χ1v) is 13.7. The standard InChI is InChI=1S/C19H19N3O5.C12H12N2O3/c1-3-22-10-15(17(24)14-7-6-12(2)21-18(14)22)19(25)27-11-16(23)20-9-13-5-4-8-26-13;1-3-14-6-9(12(16)17)10(15)8-5-4-7(2)13-11(8)14/h4-8,10H,3,9,11H2,1-2H3,(H,20,23);4-6H,3H2,1-2H3,(H,16,17). The molecule has 13 nitrogen and oxygen atoms in total. The van der Waals surface area contributed by atoms with Gasteiger partial charge in [0.1, 0.15) is 28.2 Å². The van der Waals surface area contributed by atoms with E-state index in [-0.39, 0.29) is 17.7 Å². The molecule has 0 spiro atoms. The number of carbonyl (C=O) groups is 3. The highest BCUT2D eigenvalue weighted by atomic mass is 16.5. The van der Waals surface area contributed by atoms with Crippen LogP contribution in [0.2, 0.25) is 0 Å². The Labute approximate surface area is 250 Å². The summed E-state index contributed by atoms with van der Waals surface area (Å²) < 4.78 is 13.5. The number of nitrogens with zero attached hydrogens (tertiary/aromatic N) is 4.